The van der Waals surface area contributed by atoms with Gasteiger partial charge < -0.3 is 24.6 Å². The maximum Gasteiger partial charge on any atom is 0.255 e. The number of unbranched alkanes of at least 4 members (excludes halogenated alkanes) is 1. The summed E-state index contributed by atoms with van der Waals surface area (Å²) in [6.45, 7) is 5.61. The standard InChI is InChI=1S/C29H33N3O4/c1-3-4-21-36-27-15-5-22(6-16-27)28(33)30-24-9-11-25(12-10-24)31-17-19-32(20-18-31)29(34)23-7-13-26(35-2)14-8-23/h5-16H,3-4,17-21H2,1-2H3,(H,30,33). The summed E-state index contributed by atoms with van der Waals surface area (Å²) < 4.78 is 10.8. The third-order valence-electron chi connectivity index (χ3n) is 6.28. The van der Waals surface area contributed by atoms with Crippen molar-refractivity contribution < 1.29 is 19.1 Å². The maximum atomic E-state index is 12.8. The largest absolute Gasteiger partial charge is 0.497 e. The lowest BCUT2D eigenvalue weighted by Crippen LogP contribution is -2.48. The van der Waals surface area contributed by atoms with Gasteiger partial charge in [0.15, 0.2) is 0 Å². The average Bonchev–Trinajstić information content (AvgIpc) is 2.94. The molecule has 0 aliphatic carbocycles. The van der Waals surface area contributed by atoms with E-state index in [0.717, 1.165) is 48.8 Å². The van der Waals surface area contributed by atoms with Crippen LogP contribution in [-0.4, -0.2) is 56.6 Å². The number of amides is 2. The van der Waals surface area contributed by atoms with Crippen LogP contribution >= 0.6 is 0 Å². The summed E-state index contributed by atoms with van der Waals surface area (Å²) in [4.78, 5) is 29.6. The molecular formula is C29H33N3O4. The van der Waals surface area contributed by atoms with Crippen LogP contribution in [0.4, 0.5) is 11.4 Å². The predicted octanol–water partition coefficient (Wildman–Crippen LogP) is 5.09. The normalized spacial score (nSPS) is 13.3. The molecule has 36 heavy (non-hydrogen) atoms. The minimum atomic E-state index is -0.159. The van der Waals surface area contributed by atoms with Crippen molar-refractivity contribution in [1.29, 1.82) is 0 Å². The smallest absolute Gasteiger partial charge is 0.255 e. The Balaban J connectivity index is 1.27. The Hall–Kier alpha value is -4.00. The zero-order valence-corrected chi connectivity index (χ0v) is 20.9. The summed E-state index contributed by atoms with van der Waals surface area (Å²) in [5.74, 6) is 1.39. The molecule has 1 fully saturated rings. The van der Waals surface area contributed by atoms with Gasteiger partial charge in [0.2, 0.25) is 0 Å². The Bertz CT molecular complexity index is 1140. The molecule has 0 radical (unpaired) electrons. The van der Waals surface area contributed by atoms with Crippen LogP contribution in [-0.2, 0) is 0 Å². The lowest BCUT2D eigenvalue weighted by molar-refractivity contribution is 0.0746. The lowest BCUT2D eigenvalue weighted by atomic mass is 10.1. The highest BCUT2D eigenvalue weighted by Crippen LogP contribution is 2.22. The molecule has 4 rings (SSSR count). The molecule has 0 saturated carbocycles. The SMILES string of the molecule is CCCCOc1ccc(C(=O)Nc2ccc(N3CCN(C(=O)c4ccc(OC)cc4)CC3)cc2)cc1. The highest BCUT2D eigenvalue weighted by molar-refractivity contribution is 6.04. The molecule has 188 valence electrons. The molecule has 7 heteroatoms. The first-order chi connectivity index (χ1) is 17.6. The van der Waals surface area contributed by atoms with Crippen LogP contribution < -0.4 is 19.7 Å². The fourth-order valence-corrected chi connectivity index (χ4v) is 4.08. The molecule has 0 bridgehead atoms. The Kier molecular flexibility index (Phi) is 8.44. The van der Waals surface area contributed by atoms with Gasteiger partial charge in [0.05, 0.1) is 13.7 Å². The highest BCUT2D eigenvalue weighted by atomic mass is 16.5. The molecule has 3 aromatic carbocycles. The summed E-state index contributed by atoms with van der Waals surface area (Å²) in [5, 5.41) is 2.95. The van der Waals surface area contributed by atoms with E-state index in [1.807, 2.05) is 53.4 Å². The number of carbonyl (C=O) groups excluding carboxylic acids is 2. The molecule has 7 nitrogen and oxygen atoms in total. The van der Waals surface area contributed by atoms with Crippen molar-refractivity contribution in [2.75, 3.05) is 50.1 Å². The number of anilines is 2. The van der Waals surface area contributed by atoms with Crippen molar-refractivity contribution in [2.24, 2.45) is 0 Å². The first kappa shape index (κ1) is 25.1. The van der Waals surface area contributed by atoms with E-state index in [9.17, 15) is 9.59 Å². The molecule has 1 saturated heterocycles. The number of methoxy groups -OCH3 is 1. The number of benzene rings is 3. The molecule has 1 heterocycles. The van der Waals surface area contributed by atoms with E-state index in [2.05, 4.69) is 17.1 Å². The third kappa shape index (κ3) is 6.36. The number of nitrogens with zero attached hydrogens (tertiary/aromatic N) is 2. The molecule has 2 amide bonds. The number of piperazine rings is 1. The van der Waals surface area contributed by atoms with Crippen LogP contribution in [0, 0.1) is 0 Å². The van der Waals surface area contributed by atoms with Gasteiger partial charge in [-0.1, -0.05) is 13.3 Å². The van der Waals surface area contributed by atoms with Crippen LogP contribution in [0.3, 0.4) is 0 Å². The average molecular weight is 488 g/mol. The van der Waals surface area contributed by atoms with Crippen molar-refractivity contribution in [3.05, 3.63) is 83.9 Å². The van der Waals surface area contributed by atoms with Gasteiger partial charge in [-0.05, 0) is 79.2 Å². The number of nitrogens with one attached hydrogen (secondary N) is 1. The fourth-order valence-electron chi connectivity index (χ4n) is 4.08. The summed E-state index contributed by atoms with van der Waals surface area (Å²) in [6, 6.07) is 22.2. The molecule has 0 unspecified atom stereocenters. The van der Waals surface area contributed by atoms with E-state index in [-0.39, 0.29) is 11.8 Å². The third-order valence-corrected chi connectivity index (χ3v) is 6.28. The minimum absolute atomic E-state index is 0.0379. The van der Waals surface area contributed by atoms with Crippen LogP contribution in [0.15, 0.2) is 72.8 Å². The highest BCUT2D eigenvalue weighted by Gasteiger charge is 2.22. The summed E-state index contributed by atoms with van der Waals surface area (Å²) in [5.41, 5.74) is 3.06. The summed E-state index contributed by atoms with van der Waals surface area (Å²) in [6.07, 6.45) is 2.09. The van der Waals surface area contributed by atoms with Gasteiger partial charge in [0.25, 0.3) is 11.8 Å². The van der Waals surface area contributed by atoms with Gasteiger partial charge in [0, 0.05) is 48.7 Å². The molecule has 1 aliphatic heterocycles. The van der Waals surface area contributed by atoms with Crippen molar-refractivity contribution in [3.8, 4) is 11.5 Å². The van der Waals surface area contributed by atoms with Gasteiger partial charge in [-0.15, -0.1) is 0 Å². The quantitative estimate of drug-likeness (QED) is 0.426. The zero-order chi connectivity index (χ0) is 25.3. The Morgan fingerprint density at radius 2 is 1.42 bits per heavy atom. The van der Waals surface area contributed by atoms with Gasteiger partial charge >= 0.3 is 0 Å². The fraction of sp³-hybridized carbons (Fsp3) is 0.310. The van der Waals surface area contributed by atoms with Gasteiger partial charge in [-0.25, -0.2) is 0 Å². The van der Waals surface area contributed by atoms with E-state index >= 15 is 0 Å². The predicted molar refractivity (Wildman–Crippen MR) is 142 cm³/mol. The van der Waals surface area contributed by atoms with Crippen LogP contribution in [0.5, 0.6) is 11.5 Å². The van der Waals surface area contributed by atoms with Gasteiger partial charge in [-0.2, -0.15) is 0 Å². The number of hydrogen-bond acceptors (Lipinski definition) is 5. The van der Waals surface area contributed by atoms with Crippen molar-refractivity contribution >= 4 is 23.2 Å². The first-order valence-electron chi connectivity index (χ1n) is 12.4. The Labute approximate surface area is 212 Å². The van der Waals surface area contributed by atoms with Crippen LogP contribution in [0.25, 0.3) is 0 Å². The van der Waals surface area contributed by atoms with E-state index in [1.54, 1.807) is 31.4 Å². The molecular weight excluding hydrogens is 454 g/mol. The second kappa shape index (κ2) is 12.1. The van der Waals surface area contributed by atoms with Crippen molar-refractivity contribution in [2.45, 2.75) is 19.8 Å². The van der Waals surface area contributed by atoms with E-state index < -0.39 is 0 Å². The lowest BCUT2D eigenvalue weighted by Gasteiger charge is -2.36. The molecule has 1 N–H and O–H groups in total. The zero-order valence-electron chi connectivity index (χ0n) is 20.9. The number of rotatable bonds is 9. The molecule has 3 aromatic rings. The Morgan fingerprint density at radius 3 is 2.03 bits per heavy atom. The van der Waals surface area contributed by atoms with Gasteiger partial charge in [0.1, 0.15) is 11.5 Å². The molecule has 0 aromatic heterocycles. The maximum absolute atomic E-state index is 12.8. The van der Waals surface area contributed by atoms with Crippen LogP contribution in [0.1, 0.15) is 40.5 Å². The van der Waals surface area contributed by atoms with Crippen LogP contribution in [0.2, 0.25) is 0 Å². The second-order valence-corrected chi connectivity index (χ2v) is 8.74. The van der Waals surface area contributed by atoms with E-state index in [0.29, 0.717) is 30.8 Å². The monoisotopic (exact) mass is 487 g/mol. The summed E-state index contributed by atoms with van der Waals surface area (Å²) >= 11 is 0. The van der Waals surface area contributed by atoms with Crippen molar-refractivity contribution in [1.82, 2.24) is 4.90 Å². The topological polar surface area (TPSA) is 71.1 Å². The number of carbonyl (C=O) groups is 2. The molecule has 0 spiro atoms. The molecule has 1 aliphatic rings. The summed E-state index contributed by atoms with van der Waals surface area (Å²) in [7, 11) is 1.61. The number of hydrogen-bond donors (Lipinski definition) is 1. The number of ether oxygens (including phenoxy) is 2. The minimum Gasteiger partial charge on any atom is -0.497 e. The molecule has 0 atom stereocenters. The van der Waals surface area contributed by atoms with E-state index in [1.165, 1.54) is 0 Å². The second-order valence-electron chi connectivity index (χ2n) is 8.74. The first-order valence-corrected chi connectivity index (χ1v) is 12.4. The van der Waals surface area contributed by atoms with Crippen molar-refractivity contribution in [3.63, 3.8) is 0 Å². The van der Waals surface area contributed by atoms with E-state index in [4.69, 9.17) is 9.47 Å². The van der Waals surface area contributed by atoms with Gasteiger partial charge in [-0.3, -0.25) is 9.59 Å². The Morgan fingerprint density at radius 1 is 0.806 bits per heavy atom.